The van der Waals surface area contributed by atoms with Crippen LogP contribution in [0.4, 0.5) is 4.79 Å². The quantitative estimate of drug-likeness (QED) is 0.305. The van der Waals surface area contributed by atoms with E-state index in [-0.39, 0.29) is 11.7 Å². The van der Waals surface area contributed by atoms with Gasteiger partial charge in [-0.05, 0) is 12.8 Å². The van der Waals surface area contributed by atoms with Crippen LogP contribution in [-0.2, 0) is 24.0 Å². The van der Waals surface area contributed by atoms with Crippen molar-refractivity contribution < 1.29 is 38.9 Å². The molecule has 1 rings (SSSR count). The number of carbonyl (C=O) groups excluding carboxylic acids is 3. The maximum absolute atomic E-state index is 12.3. The van der Waals surface area contributed by atoms with E-state index in [9.17, 15) is 29.3 Å². The number of carboxylic acids is 1. The number of carbonyl (C=O) groups is 4. The van der Waals surface area contributed by atoms with E-state index in [0.29, 0.717) is 19.4 Å². The van der Waals surface area contributed by atoms with E-state index < -0.39 is 47.6 Å². The zero-order valence-electron chi connectivity index (χ0n) is 13.9. The number of rotatable bonds is 9. The molecule has 0 radical (unpaired) electrons. The lowest BCUT2D eigenvalue weighted by molar-refractivity contribution is -0.765. The fraction of sp³-hybridized carbons (Fsp3) is 0.692. The SMILES string of the molecule is C[C@H](CSC(=O)CNC(=O)OCO[N+](=O)[O-])C(=O)N1CCC[C@H]1C(=O)O. The van der Waals surface area contributed by atoms with Crippen LogP contribution in [0.1, 0.15) is 19.8 Å². The number of nitrogens with one attached hydrogen (secondary N) is 1. The van der Waals surface area contributed by atoms with Crippen LogP contribution in [0.2, 0.25) is 0 Å². The number of hydrogen-bond acceptors (Lipinski definition) is 9. The Morgan fingerprint density at radius 1 is 1.42 bits per heavy atom. The molecule has 1 aliphatic rings. The Hall–Kier alpha value is -2.57. The molecule has 0 unspecified atom stereocenters. The first-order valence-electron chi connectivity index (χ1n) is 7.59. The average Bonchev–Trinajstić information content (AvgIpc) is 3.06. The number of likely N-dealkylation sites (tertiary alicyclic amines) is 1. The Bertz CT molecular complexity index is 571. The summed E-state index contributed by atoms with van der Waals surface area (Å²) < 4.78 is 4.28. The lowest BCUT2D eigenvalue weighted by Crippen LogP contribution is -2.43. The normalized spacial score (nSPS) is 17.3. The van der Waals surface area contributed by atoms with Crippen molar-refractivity contribution >= 4 is 34.8 Å². The van der Waals surface area contributed by atoms with Crippen LogP contribution in [0.15, 0.2) is 0 Å². The Morgan fingerprint density at radius 3 is 2.73 bits per heavy atom. The smallest absolute Gasteiger partial charge is 0.409 e. The minimum atomic E-state index is -1.14. The van der Waals surface area contributed by atoms with Crippen LogP contribution in [0, 0.1) is 16.0 Å². The summed E-state index contributed by atoms with van der Waals surface area (Å²) in [6, 6.07) is -0.830. The van der Waals surface area contributed by atoms with Gasteiger partial charge in [0.25, 0.3) is 5.09 Å². The summed E-state index contributed by atoms with van der Waals surface area (Å²) in [6.45, 7) is 0.672. The molecular weight excluding hydrogens is 374 g/mol. The number of alkyl carbamates (subject to hydrolysis) is 1. The van der Waals surface area contributed by atoms with Gasteiger partial charge in [-0.1, -0.05) is 18.7 Å². The van der Waals surface area contributed by atoms with Gasteiger partial charge in [-0.2, -0.15) is 0 Å². The molecule has 1 saturated heterocycles. The molecule has 0 aromatic carbocycles. The highest BCUT2D eigenvalue weighted by atomic mass is 32.2. The predicted octanol–water partition coefficient (Wildman–Crippen LogP) is -0.150. The first-order chi connectivity index (χ1) is 12.2. The van der Waals surface area contributed by atoms with Gasteiger partial charge in [-0.15, -0.1) is 10.1 Å². The number of amides is 2. The summed E-state index contributed by atoms with van der Waals surface area (Å²) in [4.78, 5) is 61.2. The highest BCUT2D eigenvalue weighted by Gasteiger charge is 2.35. The molecule has 0 spiro atoms. The third-order valence-corrected chi connectivity index (χ3v) is 4.60. The second-order valence-corrected chi connectivity index (χ2v) is 6.45. The summed E-state index contributed by atoms with van der Waals surface area (Å²) in [7, 11) is 0. The third-order valence-electron chi connectivity index (χ3n) is 3.46. The Morgan fingerprint density at radius 2 is 2.12 bits per heavy atom. The molecule has 0 saturated carbocycles. The van der Waals surface area contributed by atoms with Crippen LogP contribution in [0.5, 0.6) is 0 Å². The van der Waals surface area contributed by atoms with E-state index >= 15 is 0 Å². The fourth-order valence-corrected chi connectivity index (χ4v) is 2.98. The third kappa shape index (κ3) is 7.13. The molecule has 1 fully saturated rings. The molecular formula is C13H19N3O9S. The minimum absolute atomic E-state index is 0.127. The standard InChI is InChI=1S/C13H19N3O9S/c1-8(11(18)15-4-2-3-9(15)12(19)20)6-26-10(17)5-14-13(21)24-7-25-16(22)23/h8-9H,2-7H2,1H3,(H,14,21)(H,19,20)/t8-,9+/m1/s1. The molecule has 0 aromatic heterocycles. The van der Waals surface area contributed by atoms with E-state index in [2.05, 4.69) is 14.9 Å². The Kier molecular flexibility index (Phi) is 8.61. The van der Waals surface area contributed by atoms with Crippen LogP contribution < -0.4 is 5.32 Å². The number of nitrogens with zero attached hydrogens (tertiary/aromatic N) is 2. The number of ether oxygens (including phenoxy) is 1. The van der Waals surface area contributed by atoms with Crippen LogP contribution in [0.25, 0.3) is 0 Å². The first kappa shape index (κ1) is 21.5. The van der Waals surface area contributed by atoms with Crippen molar-refractivity contribution in [1.29, 1.82) is 0 Å². The van der Waals surface area contributed by atoms with Crippen LogP contribution in [-0.4, -0.2) is 69.9 Å². The fourth-order valence-electron chi connectivity index (χ4n) is 2.23. The van der Waals surface area contributed by atoms with Crippen molar-refractivity contribution in [3.63, 3.8) is 0 Å². The second-order valence-electron chi connectivity index (χ2n) is 5.37. The van der Waals surface area contributed by atoms with Gasteiger partial charge >= 0.3 is 12.1 Å². The molecule has 2 N–H and O–H groups in total. The molecule has 26 heavy (non-hydrogen) atoms. The number of hydrogen-bond donors (Lipinski definition) is 2. The molecule has 1 aliphatic heterocycles. The van der Waals surface area contributed by atoms with Crippen LogP contribution >= 0.6 is 11.8 Å². The molecule has 146 valence electrons. The lowest BCUT2D eigenvalue weighted by atomic mass is 10.1. The van der Waals surface area contributed by atoms with Gasteiger partial charge in [0.15, 0.2) is 0 Å². The average molecular weight is 393 g/mol. The molecule has 1 heterocycles. The number of aliphatic carboxylic acids is 1. The highest BCUT2D eigenvalue weighted by molar-refractivity contribution is 8.13. The van der Waals surface area contributed by atoms with Crippen molar-refractivity contribution in [2.24, 2.45) is 5.92 Å². The molecule has 0 aliphatic carbocycles. The van der Waals surface area contributed by atoms with Gasteiger partial charge in [-0.25, -0.2) is 9.59 Å². The molecule has 0 aromatic rings. The summed E-state index contributed by atoms with van der Waals surface area (Å²) in [5.74, 6) is -1.82. The summed E-state index contributed by atoms with van der Waals surface area (Å²) in [5, 5.41) is 19.4. The van der Waals surface area contributed by atoms with Gasteiger partial charge in [0.05, 0.1) is 6.54 Å². The molecule has 12 nitrogen and oxygen atoms in total. The van der Waals surface area contributed by atoms with Crippen molar-refractivity contribution in [3.05, 3.63) is 10.1 Å². The van der Waals surface area contributed by atoms with E-state index in [1.165, 1.54) is 4.90 Å². The van der Waals surface area contributed by atoms with E-state index in [4.69, 9.17) is 5.11 Å². The van der Waals surface area contributed by atoms with Crippen molar-refractivity contribution in [1.82, 2.24) is 10.2 Å². The highest BCUT2D eigenvalue weighted by Crippen LogP contribution is 2.21. The zero-order valence-corrected chi connectivity index (χ0v) is 14.7. The van der Waals surface area contributed by atoms with Gasteiger partial charge in [-0.3, -0.25) is 14.4 Å². The molecule has 13 heteroatoms. The van der Waals surface area contributed by atoms with Gasteiger partial charge in [0.1, 0.15) is 6.04 Å². The maximum Gasteiger partial charge on any atom is 0.409 e. The van der Waals surface area contributed by atoms with Crippen molar-refractivity contribution in [2.45, 2.75) is 25.8 Å². The zero-order chi connectivity index (χ0) is 19.7. The Balaban J connectivity index is 2.29. The van der Waals surface area contributed by atoms with Gasteiger partial charge in [0, 0.05) is 18.2 Å². The largest absolute Gasteiger partial charge is 0.480 e. The minimum Gasteiger partial charge on any atom is -0.480 e. The number of thioether (sulfide) groups is 1. The summed E-state index contributed by atoms with van der Waals surface area (Å²) >= 11 is 0.808. The van der Waals surface area contributed by atoms with E-state index in [1.54, 1.807) is 6.92 Å². The molecule has 2 amide bonds. The van der Waals surface area contributed by atoms with Crippen molar-refractivity contribution in [3.8, 4) is 0 Å². The monoisotopic (exact) mass is 393 g/mol. The molecule has 0 bridgehead atoms. The molecule has 2 atom stereocenters. The van der Waals surface area contributed by atoms with E-state index in [1.807, 2.05) is 0 Å². The van der Waals surface area contributed by atoms with E-state index in [0.717, 1.165) is 11.8 Å². The second kappa shape index (κ2) is 10.4. The predicted molar refractivity (Wildman–Crippen MR) is 86.4 cm³/mol. The van der Waals surface area contributed by atoms with Crippen molar-refractivity contribution in [2.75, 3.05) is 25.6 Å². The maximum atomic E-state index is 12.3. The van der Waals surface area contributed by atoms with Gasteiger partial charge < -0.3 is 20.1 Å². The first-order valence-corrected chi connectivity index (χ1v) is 8.57. The lowest BCUT2D eigenvalue weighted by Gasteiger charge is -2.24. The summed E-state index contributed by atoms with van der Waals surface area (Å²) in [6.07, 6.45) is -0.0361. The Labute approximate surface area is 152 Å². The number of carboxylic acid groups (broad SMARTS) is 1. The summed E-state index contributed by atoms with van der Waals surface area (Å²) in [5.41, 5.74) is 0. The topological polar surface area (TPSA) is 165 Å². The van der Waals surface area contributed by atoms with Gasteiger partial charge in [0.2, 0.25) is 17.8 Å². The van der Waals surface area contributed by atoms with Crippen LogP contribution in [0.3, 0.4) is 0 Å².